The Balaban J connectivity index is 1.66. The fourth-order valence-electron chi connectivity index (χ4n) is 3.83. The second kappa shape index (κ2) is 9.49. The van der Waals surface area contributed by atoms with Crippen molar-refractivity contribution >= 4 is 23.4 Å². The molecule has 3 aromatic rings. The van der Waals surface area contributed by atoms with Gasteiger partial charge in [-0.25, -0.2) is 9.97 Å². The smallest absolute Gasteiger partial charge is 0.271 e. The number of hydrogen-bond donors (Lipinski definition) is 3. The van der Waals surface area contributed by atoms with Gasteiger partial charge in [-0.2, -0.15) is 5.10 Å². The van der Waals surface area contributed by atoms with Gasteiger partial charge < -0.3 is 16.8 Å². The van der Waals surface area contributed by atoms with Crippen LogP contribution in [0.1, 0.15) is 30.3 Å². The van der Waals surface area contributed by atoms with Gasteiger partial charge in [0.2, 0.25) is 0 Å². The van der Waals surface area contributed by atoms with Crippen LogP contribution in [-0.2, 0) is 11.8 Å². The first-order valence-electron chi connectivity index (χ1n) is 10.9. The standard InChI is InChI=1S/C23H27ClN8O2/c1-23(26)7-9-32(10-8-23)21(19(25)33)30-22(34)18-11-17(14-3-5-16(24)6-4-14)28-20(29-18)15-12-27-31(2)13-15/h3-6,11-13,21H,7-10,26H2,1-2H3,(H2,25,33)(H,30,34). The molecule has 2 aromatic heterocycles. The molecule has 178 valence electrons. The van der Waals surface area contributed by atoms with Crippen LogP contribution in [0.5, 0.6) is 0 Å². The highest BCUT2D eigenvalue weighted by atomic mass is 35.5. The highest BCUT2D eigenvalue weighted by molar-refractivity contribution is 6.30. The Bertz CT molecular complexity index is 1200. The lowest BCUT2D eigenvalue weighted by atomic mass is 9.91. The third-order valence-corrected chi connectivity index (χ3v) is 6.16. The Kier molecular flexibility index (Phi) is 6.65. The van der Waals surface area contributed by atoms with Crippen molar-refractivity contribution in [2.24, 2.45) is 18.5 Å². The van der Waals surface area contributed by atoms with Crippen LogP contribution in [0.4, 0.5) is 0 Å². The normalized spacial score (nSPS) is 16.7. The number of benzene rings is 1. The zero-order valence-corrected chi connectivity index (χ0v) is 19.8. The molecule has 0 aliphatic carbocycles. The molecule has 5 N–H and O–H groups in total. The molecular formula is C23H27ClN8O2. The molecule has 4 rings (SSSR count). The summed E-state index contributed by atoms with van der Waals surface area (Å²) in [6.07, 6.45) is 3.77. The quantitative estimate of drug-likeness (QED) is 0.483. The van der Waals surface area contributed by atoms with E-state index < -0.39 is 18.0 Å². The van der Waals surface area contributed by atoms with Gasteiger partial charge in [0.15, 0.2) is 12.0 Å². The van der Waals surface area contributed by atoms with Crippen LogP contribution in [0.25, 0.3) is 22.6 Å². The average Bonchev–Trinajstić information content (AvgIpc) is 3.24. The number of halogens is 1. The number of aryl methyl sites for hydroxylation is 1. The van der Waals surface area contributed by atoms with Crippen molar-refractivity contribution < 1.29 is 9.59 Å². The van der Waals surface area contributed by atoms with E-state index in [0.29, 0.717) is 48.0 Å². The average molecular weight is 483 g/mol. The van der Waals surface area contributed by atoms with E-state index >= 15 is 0 Å². The lowest BCUT2D eigenvalue weighted by Crippen LogP contribution is -2.60. The third kappa shape index (κ3) is 5.41. The van der Waals surface area contributed by atoms with Gasteiger partial charge in [0.05, 0.1) is 17.5 Å². The van der Waals surface area contributed by atoms with E-state index in [4.69, 9.17) is 23.1 Å². The van der Waals surface area contributed by atoms with Crippen molar-refractivity contribution in [3.63, 3.8) is 0 Å². The molecule has 1 saturated heterocycles. The number of carbonyl (C=O) groups excluding carboxylic acids is 2. The third-order valence-electron chi connectivity index (χ3n) is 5.90. The molecular weight excluding hydrogens is 456 g/mol. The van der Waals surface area contributed by atoms with Crippen molar-refractivity contribution in [3.8, 4) is 22.6 Å². The van der Waals surface area contributed by atoms with Crippen molar-refractivity contribution in [3.05, 3.63) is 53.4 Å². The molecule has 1 unspecified atom stereocenters. The number of hydrogen-bond acceptors (Lipinski definition) is 7. The highest BCUT2D eigenvalue weighted by Crippen LogP contribution is 2.24. The van der Waals surface area contributed by atoms with E-state index in [0.717, 1.165) is 5.56 Å². The fourth-order valence-corrected chi connectivity index (χ4v) is 3.96. The maximum atomic E-state index is 13.3. The van der Waals surface area contributed by atoms with E-state index in [2.05, 4.69) is 20.4 Å². The van der Waals surface area contributed by atoms with E-state index in [9.17, 15) is 9.59 Å². The summed E-state index contributed by atoms with van der Waals surface area (Å²) in [6.45, 7) is 3.06. The first-order valence-corrected chi connectivity index (χ1v) is 11.3. The zero-order valence-electron chi connectivity index (χ0n) is 19.0. The Morgan fingerprint density at radius 2 is 1.82 bits per heavy atom. The van der Waals surface area contributed by atoms with Crippen LogP contribution < -0.4 is 16.8 Å². The molecule has 10 nitrogen and oxygen atoms in total. The molecule has 3 heterocycles. The Morgan fingerprint density at radius 3 is 2.41 bits per heavy atom. The number of aromatic nitrogens is 4. The number of piperidine rings is 1. The van der Waals surface area contributed by atoms with E-state index in [1.54, 1.807) is 42.3 Å². The molecule has 0 spiro atoms. The van der Waals surface area contributed by atoms with Crippen molar-refractivity contribution in [1.82, 2.24) is 30.0 Å². The number of likely N-dealkylation sites (tertiary alicyclic amines) is 1. The Morgan fingerprint density at radius 1 is 1.15 bits per heavy atom. The molecule has 1 aromatic carbocycles. The summed E-state index contributed by atoms with van der Waals surface area (Å²) >= 11 is 6.02. The number of nitrogens with two attached hydrogens (primary N) is 2. The molecule has 11 heteroatoms. The minimum absolute atomic E-state index is 0.103. The Hall–Kier alpha value is -3.34. The summed E-state index contributed by atoms with van der Waals surface area (Å²) in [7, 11) is 1.78. The van der Waals surface area contributed by atoms with E-state index in [1.165, 1.54) is 0 Å². The van der Waals surface area contributed by atoms with Crippen LogP contribution in [0.3, 0.4) is 0 Å². The molecule has 1 aliphatic rings. The van der Waals surface area contributed by atoms with Crippen molar-refractivity contribution in [2.45, 2.75) is 31.5 Å². The highest BCUT2D eigenvalue weighted by Gasteiger charge is 2.33. The van der Waals surface area contributed by atoms with Crippen LogP contribution >= 0.6 is 11.6 Å². The van der Waals surface area contributed by atoms with Gasteiger partial charge in [-0.3, -0.25) is 19.2 Å². The van der Waals surface area contributed by atoms with Crippen molar-refractivity contribution in [1.29, 1.82) is 0 Å². The molecule has 0 radical (unpaired) electrons. The lowest BCUT2D eigenvalue weighted by molar-refractivity contribution is -0.124. The first-order chi connectivity index (χ1) is 16.1. The maximum absolute atomic E-state index is 13.3. The monoisotopic (exact) mass is 482 g/mol. The minimum Gasteiger partial charge on any atom is -0.367 e. The molecule has 1 atom stereocenters. The number of amides is 2. The van der Waals surface area contributed by atoms with Crippen LogP contribution in [0.15, 0.2) is 42.7 Å². The molecule has 1 aliphatic heterocycles. The minimum atomic E-state index is -0.973. The Labute approximate surface area is 202 Å². The number of nitrogens with zero attached hydrogens (tertiary/aromatic N) is 5. The van der Waals surface area contributed by atoms with Gasteiger partial charge in [-0.15, -0.1) is 0 Å². The molecule has 0 saturated carbocycles. The number of rotatable bonds is 6. The topological polar surface area (TPSA) is 145 Å². The zero-order chi connectivity index (χ0) is 24.5. The van der Waals surface area contributed by atoms with Crippen LogP contribution in [-0.4, -0.2) is 61.3 Å². The summed E-state index contributed by atoms with van der Waals surface area (Å²) in [4.78, 5) is 36.4. The predicted molar refractivity (Wildman–Crippen MR) is 129 cm³/mol. The van der Waals surface area contributed by atoms with Gasteiger partial charge in [-0.05, 0) is 38.0 Å². The largest absolute Gasteiger partial charge is 0.367 e. The molecule has 34 heavy (non-hydrogen) atoms. The SMILES string of the molecule is Cn1cc(-c2nc(C(=O)NC(C(N)=O)N3CCC(C)(N)CC3)cc(-c3ccc(Cl)cc3)n2)cn1. The summed E-state index contributed by atoms with van der Waals surface area (Å²) in [5.74, 6) is -0.848. The summed E-state index contributed by atoms with van der Waals surface area (Å²) in [5, 5.41) is 7.49. The molecule has 0 bridgehead atoms. The fraction of sp³-hybridized carbons (Fsp3) is 0.348. The van der Waals surface area contributed by atoms with Crippen LogP contribution in [0, 0.1) is 0 Å². The van der Waals surface area contributed by atoms with Crippen LogP contribution in [0.2, 0.25) is 5.02 Å². The number of nitrogens with one attached hydrogen (secondary N) is 1. The summed E-state index contributed by atoms with van der Waals surface area (Å²) in [5.41, 5.74) is 13.6. The first kappa shape index (κ1) is 23.8. The summed E-state index contributed by atoms with van der Waals surface area (Å²) < 4.78 is 1.62. The van der Waals surface area contributed by atoms with Gasteiger partial charge in [-0.1, -0.05) is 23.7 Å². The van der Waals surface area contributed by atoms with E-state index in [1.807, 2.05) is 24.0 Å². The van der Waals surface area contributed by atoms with Gasteiger partial charge in [0.1, 0.15) is 5.69 Å². The summed E-state index contributed by atoms with van der Waals surface area (Å²) in [6, 6.07) is 8.68. The molecule has 2 amide bonds. The second-order valence-corrected chi connectivity index (χ2v) is 9.28. The van der Waals surface area contributed by atoms with Gasteiger partial charge in [0.25, 0.3) is 11.8 Å². The van der Waals surface area contributed by atoms with E-state index in [-0.39, 0.29) is 11.2 Å². The van der Waals surface area contributed by atoms with Gasteiger partial charge >= 0.3 is 0 Å². The van der Waals surface area contributed by atoms with Crippen molar-refractivity contribution in [2.75, 3.05) is 13.1 Å². The number of primary amides is 1. The van der Waals surface area contributed by atoms with Gasteiger partial charge in [0, 0.05) is 42.5 Å². The predicted octanol–water partition coefficient (Wildman–Crippen LogP) is 1.55. The number of carbonyl (C=O) groups is 2. The maximum Gasteiger partial charge on any atom is 0.271 e. The lowest BCUT2D eigenvalue weighted by Gasteiger charge is -2.39. The molecule has 1 fully saturated rings. The second-order valence-electron chi connectivity index (χ2n) is 8.84.